The zero-order valence-corrected chi connectivity index (χ0v) is 13.9. The summed E-state index contributed by atoms with van der Waals surface area (Å²) < 4.78 is 0. The summed E-state index contributed by atoms with van der Waals surface area (Å²) in [4.78, 5) is 27.4. The number of nitrogens with zero attached hydrogens (tertiary/aromatic N) is 4. The molecule has 23 heavy (non-hydrogen) atoms. The molecule has 2 N–H and O–H groups in total. The van der Waals surface area contributed by atoms with Crippen molar-refractivity contribution in [2.24, 2.45) is 0 Å². The summed E-state index contributed by atoms with van der Waals surface area (Å²) >= 11 is 1.37. The van der Waals surface area contributed by atoms with Gasteiger partial charge in [0.2, 0.25) is 5.95 Å². The van der Waals surface area contributed by atoms with Crippen LogP contribution in [-0.4, -0.2) is 51.2 Å². The Balaban J connectivity index is 1.60. The summed E-state index contributed by atoms with van der Waals surface area (Å²) in [5.74, 6) is 0.416. The lowest BCUT2D eigenvalue weighted by molar-refractivity contribution is 0.0576. The lowest BCUT2D eigenvalue weighted by Crippen LogP contribution is -2.45. The highest BCUT2D eigenvalue weighted by Crippen LogP contribution is 2.24. The third-order valence-electron chi connectivity index (χ3n) is 3.86. The van der Waals surface area contributed by atoms with Gasteiger partial charge in [-0.05, 0) is 26.3 Å². The third-order valence-corrected chi connectivity index (χ3v) is 4.93. The summed E-state index contributed by atoms with van der Waals surface area (Å²) in [5.41, 5.74) is -0.245. The molecule has 0 spiro atoms. The maximum absolute atomic E-state index is 12.2. The molecule has 3 heterocycles. The average molecular weight is 333 g/mol. The topological polar surface area (TPSA) is 91.2 Å². The zero-order chi connectivity index (χ0) is 16.4. The van der Waals surface area contributed by atoms with Gasteiger partial charge in [-0.25, -0.2) is 15.0 Å². The van der Waals surface area contributed by atoms with Crippen molar-refractivity contribution in [2.45, 2.75) is 25.9 Å². The number of hydrogen-bond acceptors (Lipinski definition) is 7. The number of rotatable bonds is 4. The number of anilines is 1. The van der Waals surface area contributed by atoms with Crippen molar-refractivity contribution in [1.82, 2.24) is 20.3 Å². The molecule has 2 aromatic heterocycles. The predicted octanol–water partition coefficient (Wildman–Crippen LogP) is 0.921. The van der Waals surface area contributed by atoms with E-state index in [2.05, 4.69) is 20.3 Å². The second kappa shape index (κ2) is 6.21. The summed E-state index contributed by atoms with van der Waals surface area (Å²) in [6, 6.07) is 1.76. The van der Waals surface area contributed by atoms with Crippen LogP contribution in [0.4, 0.5) is 5.95 Å². The molecule has 1 aliphatic rings. The molecule has 0 saturated carbocycles. The molecule has 7 nitrogen and oxygen atoms in total. The van der Waals surface area contributed by atoms with Gasteiger partial charge in [0.05, 0.1) is 17.2 Å². The Morgan fingerprint density at radius 2 is 2.17 bits per heavy atom. The maximum Gasteiger partial charge on any atom is 0.263 e. The molecule has 0 radical (unpaired) electrons. The summed E-state index contributed by atoms with van der Waals surface area (Å²) in [6.45, 7) is 4.95. The number of aliphatic hydroxyl groups is 1. The van der Waals surface area contributed by atoms with Gasteiger partial charge in [-0.2, -0.15) is 0 Å². The predicted molar refractivity (Wildman–Crippen MR) is 87.7 cm³/mol. The average Bonchev–Trinajstić information content (AvgIpc) is 3.09. The van der Waals surface area contributed by atoms with E-state index >= 15 is 0 Å². The molecule has 122 valence electrons. The largest absolute Gasteiger partial charge is 0.386 e. The molecule has 0 aromatic carbocycles. The van der Waals surface area contributed by atoms with Crippen LogP contribution in [0.2, 0.25) is 0 Å². The zero-order valence-electron chi connectivity index (χ0n) is 13.1. The van der Waals surface area contributed by atoms with Crippen LogP contribution in [0.15, 0.2) is 18.5 Å². The van der Waals surface area contributed by atoms with Crippen LogP contribution in [0.1, 0.15) is 26.8 Å². The summed E-state index contributed by atoms with van der Waals surface area (Å²) in [5, 5.41) is 14.4. The number of β-amino-alcohol motifs (C(OH)–C–C–N with tert-alkyl or cyclic N) is 1. The van der Waals surface area contributed by atoms with E-state index < -0.39 is 5.60 Å². The number of carbonyl (C=O) groups is 1. The van der Waals surface area contributed by atoms with Crippen LogP contribution in [-0.2, 0) is 0 Å². The standard InChI is InChI=1S/C15H19N5O2S/c1-10-12(23-11(2)19-10)13(21)18-8-15(22)4-7-20(9-15)14-16-5-3-6-17-14/h3,5-6,22H,4,7-9H2,1-2H3,(H,18,21)/t15-/m1/s1. The van der Waals surface area contributed by atoms with E-state index in [0.717, 1.165) is 10.7 Å². The molecule has 0 unspecified atom stereocenters. The SMILES string of the molecule is Cc1nc(C)c(C(=O)NC[C@]2(O)CCN(c3ncccn3)C2)s1. The first-order valence-corrected chi connectivity index (χ1v) is 8.25. The fourth-order valence-electron chi connectivity index (χ4n) is 2.69. The lowest BCUT2D eigenvalue weighted by Gasteiger charge is -2.23. The molecule has 1 aliphatic heterocycles. The Bertz CT molecular complexity index is 705. The first-order chi connectivity index (χ1) is 11.0. The quantitative estimate of drug-likeness (QED) is 0.865. The number of amides is 1. The fraction of sp³-hybridized carbons (Fsp3) is 0.467. The molecule has 1 amide bonds. The number of aryl methyl sites for hydroxylation is 2. The van der Waals surface area contributed by atoms with Gasteiger partial charge < -0.3 is 15.3 Å². The van der Waals surface area contributed by atoms with E-state index in [-0.39, 0.29) is 12.5 Å². The molecule has 1 saturated heterocycles. The molecule has 3 rings (SSSR count). The van der Waals surface area contributed by atoms with Crippen molar-refractivity contribution in [2.75, 3.05) is 24.5 Å². The van der Waals surface area contributed by atoms with Crippen LogP contribution >= 0.6 is 11.3 Å². The minimum absolute atomic E-state index is 0.184. The van der Waals surface area contributed by atoms with Gasteiger partial charge in [0.1, 0.15) is 10.5 Å². The normalized spacial score (nSPS) is 20.7. The second-order valence-corrected chi connectivity index (χ2v) is 6.98. The monoisotopic (exact) mass is 333 g/mol. The van der Waals surface area contributed by atoms with E-state index in [1.165, 1.54) is 11.3 Å². The lowest BCUT2D eigenvalue weighted by atomic mass is 10.0. The van der Waals surface area contributed by atoms with Crippen LogP contribution in [0.3, 0.4) is 0 Å². The highest BCUT2D eigenvalue weighted by atomic mass is 32.1. The first kappa shape index (κ1) is 15.8. The highest BCUT2D eigenvalue weighted by Gasteiger charge is 2.37. The Morgan fingerprint density at radius 1 is 1.43 bits per heavy atom. The van der Waals surface area contributed by atoms with E-state index in [9.17, 15) is 9.90 Å². The van der Waals surface area contributed by atoms with Crippen molar-refractivity contribution in [3.8, 4) is 0 Å². The van der Waals surface area contributed by atoms with Gasteiger partial charge in [0.25, 0.3) is 5.91 Å². The van der Waals surface area contributed by atoms with Crippen LogP contribution in [0.5, 0.6) is 0 Å². The fourth-order valence-corrected chi connectivity index (χ4v) is 3.53. The van der Waals surface area contributed by atoms with E-state index in [1.54, 1.807) is 18.5 Å². The minimum atomic E-state index is -0.970. The van der Waals surface area contributed by atoms with Crippen LogP contribution < -0.4 is 10.2 Å². The molecule has 2 aromatic rings. The molecule has 1 atom stereocenters. The number of nitrogens with one attached hydrogen (secondary N) is 1. The van der Waals surface area contributed by atoms with Gasteiger partial charge in [-0.15, -0.1) is 11.3 Å². The Kier molecular flexibility index (Phi) is 4.27. The Hall–Kier alpha value is -2.06. The molecular formula is C15H19N5O2S. The van der Waals surface area contributed by atoms with Gasteiger partial charge in [-0.3, -0.25) is 4.79 Å². The third kappa shape index (κ3) is 3.48. The number of hydrogen-bond donors (Lipinski definition) is 2. The minimum Gasteiger partial charge on any atom is -0.386 e. The van der Waals surface area contributed by atoms with E-state index in [0.29, 0.717) is 30.3 Å². The number of carbonyl (C=O) groups excluding carboxylic acids is 1. The molecular weight excluding hydrogens is 314 g/mol. The van der Waals surface area contributed by atoms with Crippen molar-refractivity contribution < 1.29 is 9.90 Å². The van der Waals surface area contributed by atoms with E-state index in [4.69, 9.17) is 0 Å². The molecule has 8 heteroatoms. The van der Waals surface area contributed by atoms with Crippen molar-refractivity contribution >= 4 is 23.2 Å². The Labute approximate surface area is 138 Å². The first-order valence-electron chi connectivity index (χ1n) is 7.43. The van der Waals surface area contributed by atoms with E-state index in [1.807, 2.05) is 18.7 Å². The second-order valence-electron chi connectivity index (χ2n) is 5.77. The van der Waals surface area contributed by atoms with Crippen molar-refractivity contribution in [3.63, 3.8) is 0 Å². The number of aromatic nitrogens is 3. The highest BCUT2D eigenvalue weighted by molar-refractivity contribution is 7.13. The van der Waals surface area contributed by atoms with Crippen LogP contribution in [0.25, 0.3) is 0 Å². The Morgan fingerprint density at radius 3 is 2.83 bits per heavy atom. The van der Waals surface area contributed by atoms with Gasteiger partial charge in [0.15, 0.2) is 0 Å². The molecule has 0 aliphatic carbocycles. The van der Waals surface area contributed by atoms with Crippen molar-refractivity contribution in [1.29, 1.82) is 0 Å². The van der Waals surface area contributed by atoms with Crippen molar-refractivity contribution in [3.05, 3.63) is 34.0 Å². The summed E-state index contributed by atoms with van der Waals surface area (Å²) in [6.07, 6.45) is 3.92. The summed E-state index contributed by atoms with van der Waals surface area (Å²) in [7, 11) is 0. The number of thiazole rings is 1. The maximum atomic E-state index is 12.2. The van der Waals surface area contributed by atoms with Gasteiger partial charge in [0, 0.05) is 25.5 Å². The van der Waals surface area contributed by atoms with Gasteiger partial charge >= 0.3 is 0 Å². The molecule has 0 bridgehead atoms. The van der Waals surface area contributed by atoms with Crippen LogP contribution in [0, 0.1) is 13.8 Å². The smallest absolute Gasteiger partial charge is 0.263 e. The van der Waals surface area contributed by atoms with Gasteiger partial charge in [-0.1, -0.05) is 0 Å². The molecule has 1 fully saturated rings.